The van der Waals surface area contributed by atoms with Crippen molar-refractivity contribution in [1.82, 2.24) is 10.1 Å². The van der Waals surface area contributed by atoms with Gasteiger partial charge in [0.2, 0.25) is 0 Å². The molecule has 1 aromatic heterocycles. The molecule has 0 unspecified atom stereocenters. The van der Waals surface area contributed by atoms with E-state index in [1.54, 1.807) is 0 Å². The van der Waals surface area contributed by atoms with Gasteiger partial charge in [0.15, 0.2) is 5.69 Å². The van der Waals surface area contributed by atoms with Gasteiger partial charge in [-0.3, -0.25) is 4.79 Å². The Balaban J connectivity index is 1.47. The van der Waals surface area contributed by atoms with Gasteiger partial charge < -0.3 is 9.42 Å². The second-order valence-corrected chi connectivity index (χ2v) is 6.31. The van der Waals surface area contributed by atoms with Crippen LogP contribution in [0.15, 0.2) is 10.6 Å². The number of rotatable bonds is 2. The monoisotopic (exact) mass is 260 g/mol. The summed E-state index contributed by atoms with van der Waals surface area (Å²) in [5.41, 5.74) is 0.518. The zero-order valence-corrected chi connectivity index (χ0v) is 11.2. The molecule has 0 radical (unpaired) electrons. The first-order valence-corrected chi connectivity index (χ1v) is 7.60. The van der Waals surface area contributed by atoms with Crippen molar-refractivity contribution in [3.05, 3.63) is 17.5 Å². The molecule has 4 heteroatoms. The third-order valence-corrected chi connectivity index (χ3v) is 4.94. The fourth-order valence-electron chi connectivity index (χ4n) is 3.57. The summed E-state index contributed by atoms with van der Waals surface area (Å²) in [6, 6.07) is 2.33. The third kappa shape index (κ3) is 1.97. The van der Waals surface area contributed by atoms with Crippen molar-refractivity contribution in [2.75, 3.05) is 6.54 Å². The van der Waals surface area contributed by atoms with Gasteiger partial charge in [-0.05, 0) is 31.6 Å². The number of amides is 1. The second kappa shape index (κ2) is 4.36. The van der Waals surface area contributed by atoms with E-state index in [-0.39, 0.29) is 5.91 Å². The number of carbonyl (C=O) groups excluding carboxylic acids is 1. The van der Waals surface area contributed by atoms with Crippen molar-refractivity contribution >= 4 is 5.91 Å². The molecular formula is C15H20N2O2. The maximum atomic E-state index is 12.5. The predicted molar refractivity (Wildman–Crippen MR) is 69.9 cm³/mol. The molecule has 2 heterocycles. The van der Waals surface area contributed by atoms with Gasteiger partial charge in [0.25, 0.3) is 5.91 Å². The highest BCUT2D eigenvalue weighted by Gasteiger charge is 2.43. The Morgan fingerprint density at radius 2 is 2.05 bits per heavy atom. The largest absolute Gasteiger partial charge is 0.360 e. The third-order valence-electron chi connectivity index (χ3n) is 4.94. The van der Waals surface area contributed by atoms with Crippen molar-refractivity contribution < 1.29 is 9.32 Å². The first-order chi connectivity index (χ1) is 9.33. The lowest BCUT2D eigenvalue weighted by atomic mass is 9.84. The van der Waals surface area contributed by atoms with Crippen LogP contribution in [0.2, 0.25) is 0 Å². The number of hydrogen-bond acceptors (Lipinski definition) is 3. The Bertz CT molecular complexity index is 492. The summed E-state index contributed by atoms with van der Waals surface area (Å²) in [6.07, 6.45) is 8.74. The number of hydrogen-bond donors (Lipinski definition) is 0. The standard InChI is InChI=1S/C15H20N2O2/c18-15(12-8-14(19-16-12)10-6-7-10)17-9-11-4-2-1-3-5-13(11)17/h8,10-11,13H,1-7,9H2/t11-,13+/m1/s1. The summed E-state index contributed by atoms with van der Waals surface area (Å²) in [6.45, 7) is 0.926. The summed E-state index contributed by atoms with van der Waals surface area (Å²) in [5, 5.41) is 3.98. The number of aromatic nitrogens is 1. The highest BCUT2D eigenvalue weighted by molar-refractivity contribution is 5.93. The lowest BCUT2D eigenvalue weighted by molar-refractivity contribution is 0.0114. The van der Waals surface area contributed by atoms with Crippen molar-refractivity contribution in [3.63, 3.8) is 0 Å². The van der Waals surface area contributed by atoms with Crippen LogP contribution in [0.4, 0.5) is 0 Å². The van der Waals surface area contributed by atoms with Gasteiger partial charge in [-0.1, -0.05) is 24.4 Å². The molecule has 19 heavy (non-hydrogen) atoms. The molecule has 4 nitrogen and oxygen atoms in total. The molecule has 3 aliphatic rings. The lowest BCUT2D eigenvalue weighted by Gasteiger charge is -2.47. The van der Waals surface area contributed by atoms with Gasteiger partial charge >= 0.3 is 0 Å². The van der Waals surface area contributed by atoms with Crippen LogP contribution in [0.25, 0.3) is 0 Å². The normalized spacial score (nSPS) is 30.4. The Labute approximate surface area is 113 Å². The van der Waals surface area contributed by atoms with Gasteiger partial charge in [0, 0.05) is 24.6 Å². The molecule has 2 aliphatic carbocycles. The van der Waals surface area contributed by atoms with E-state index in [2.05, 4.69) is 5.16 Å². The van der Waals surface area contributed by atoms with Crippen molar-refractivity contribution in [2.24, 2.45) is 5.92 Å². The Kier molecular flexibility index (Phi) is 2.64. The summed E-state index contributed by atoms with van der Waals surface area (Å²) < 4.78 is 5.29. The Hall–Kier alpha value is -1.32. The fraction of sp³-hybridized carbons (Fsp3) is 0.733. The van der Waals surface area contributed by atoms with E-state index >= 15 is 0 Å². The molecule has 1 aliphatic heterocycles. The topological polar surface area (TPSA) is 46.3 Å². The van der Waals surface area contributed by atoms with Gasteiger partial charge in [-0.25, -0.2) is 0 Å². The maximum Gasteiger partial charge on any atom is 0.276 e. The molecule has 3 fully saturated rings. The molecule has 2 atom stereocenters. The molecule has 0 N–H and O–H groups in total. The molecule has 1 amide bonds. The first-order valence-electron chi connectivity index (χ1n) is 7.60. The van der Waals surface area contributed by atoms with Crippen LogP contribution in [-0.4, -0.2) is 28.6 Å². The van der Waals surface area contributed by atoms with Crippen molar-refractivity contribution in [2.45, 2.75) is 56.9 Å². The molecular weight excluding hydrogens is 240 g/mol. The van der Waals surface area contributed by atoms with E-state index in [1.807, 2.05) is 11.0 Å². The molecule has 0 aromatic carbocycles. The van der Waals surface area contributed by atoms with Gasteiger partial charge in [-0.15, -0.1) is 0 Å². The van der Waals surface area contributed by atoms with E-state index in [9.17, 15) is 4.79 Å². The molecule has 1 saturated heterocycles. The Morgan fingerprint density at radius 1 is 1.21 bits per heavy atom. The zero-order chi connectivity index (χ0) is 12.8. The highest BCUT2D eigenvalue weighted by atomic mass is 16.5. The highest BCUT2D eigenvalue weighted by Crippen LogP contribution is 2.41. The van der Waals surface area contributed by atoms with Gasteiger partial charge in [0.05, 0.1) is 0 Å². The predicted octanol–water partition coefficient (Wildman–Crippen LogP) is 2.96. The Morgan fingerprint density at radius 3 is 2.89 bits per heavy atom. The minimum Gasteiger partial charge on any atom is -0.360 e. The molecule has 4 rings (SSSR count). The van der Waals surface area contributed by atoms with Crippen LogP contribution in [0, 0.1) is 5.92 Å². The van der Waals surface area contributed by atoms with Crippen LogP contribution < -0.4 is 0 Å². The van der Waals surface area contributed by atoms with Crippen molar-refractivity contribution in [3.8, 4) is 0 Å². The summed E-state index contributed by atoms with van der Waals surface area (Å²) in [4.78, 5) is 14.5. The van der Waals surface area contributed by atoms with Gasteiger partial charge in [0.1, 0.15) is 5.76 Å². The second-order valence-electron chi connectivity index (χ2n) is 6.31. The van der Waals surface area contributed by atoms with Crippen LogP contribution >= 0.6 is 0 Å². The van der Waals surface area contributed by atoms with Crippen LogP contribution in [0.1, 0.15) is 67.1 Å². The average Bonchev–Trinajstić information content (AvgIpc) is 3.15. The minimum absolute atomic E-state index is 0.0822. The van der Waals surface area contributed by atoms with Crippen LogP contribution in [-0.2, 0) is 0 Å². The molecule has 0 spiro atoms. The van der Waals surface area contributed by atoms with E-state index in [4.69, 9.17) is 4.52 Å². The number of nitrogens with zero attached hydrogens (tertiary/aromatic N) is 2. The average molecular weight is 260 g/mol. The van der Waals surface area contributed by atoms with E-state index in [0.29, 0.717) is 17.7 Å². The summed E-state index contributed by atoms with van der Waals surface area (Å²) in [7, 11) is 0. The number of carbonyl (C=O) groups is 1. The molecule has 1 aromatic rings. The van der Waals surface area contributed by atoms with E-state index in [1.165, 1.54) is 44.9 Å². The summed E-state index contributed by atoms with van der Waals surface area (Å²) >= 11 is 0. The maximum absolute atomic E-state index is 12.5. The lowest BCUT2D eigenvalue weighted by Crippen LogP contribution is -2.58. The zero-order valence-electron chi connectivity index (χ0n) is 11.2. The number of likely N-dealkylation sites (tertiary alicyclic amines) is 1. The molecule has 0 bridgehead atoms. The molecule has 102 valence electrons. The SMILES string of the molecule is O=C(c1cc(C2CC2)on1)N1C[C@H]2CCCCC[C@@H]21. The quantitative estimate of drug-likeness (QED) is 0.821. The fourth-order valence-corrected chi connectivity index (χ4v) is 3.57. The molecule has 2 saturated carbocycles. The van der Waals surface area contributed by atoms with Crippen molar-refractivity contribution in [1.29, 1.82) is 0 Å². The number of fused-ring (bicyclic) bond motifs is 1. The summed E-state index contributed by atoms with van der Waals surface area (Å²) in [5.74, 6) is 2.25. The van der Waals surface area contributed by atoms with Crippen LogP contribution in [0.3, 0.4) is 0 Å². The van der Waals surface area contributed by atoms with Gasteiger partial charge in [-0.2, -0.15) is 0 Å². The van der Waals surface area contributed by atoms with E-state index in [0.717, 1.165) is 18.2 Å². The van der Waals surface area contributed by atoms with E-state index < -0.39 is 0 Å². The minimum atomic E-state index is 0.0822. The first kappa shape index (κ1) is 11.5. The van der Waals surface area contributed by atoms with Crippen LogP contribution in [0.5, 0.6) is 0 Å². The smallest absolute Gasteiger partial charge is 0.276 e.